The Hall–Kier alpha value is -1.24. The van der Waals surface area contributed by atoms with Crippen molar-refractivity contribution in [3.8, 4) is 0 Å². The molecule has 1 aliphatic rings. The topological polar surface area (TPSA) is 12.0 Å². The number of anilines is 1. The van der Waals surface area contributed by atoms with Gasteiger partial charge in [-0.25, -0.2) is 0 Å². The molecular formula is C12H15N. The predicted molar refractivity (Wildman–Crippen MR) is 57.7 cm³/mol. The Morgan fingerprint density at radius 1 is 1.15 bits per heavy atom. The summed E-state index contributed by atoms with van der Waals surface area (Å²) in [6.45, 7) is 4.46. The van der Waals surface area contributed by atoms with E-state index in [4.69, 9.17) is 0 Å². The van der Waals surface area contributed by atoms with Crippen molar-refractivity contribution in [1.29, 1.82) is 0 Å². The Kier molecular flexibility index (Phi) is 2.09. The van der Waals surface area contributed by atoms with Crippen molar-refractivity contribution >= 4 is 11.8 Å². The van der Waals surface area contributed by atoms with Gasteiger partial charge in [0.05, 0.1) is 0 Å². The van der Waals surface area contributed by atoms with Gasteiger partial charge in [0.2, 0.25) is 0 Å². The Morgan fingerprint density at radius 3 is 2.77 bits per heavy atom. The molecule has 0 aromatic heterocycles. The highest BCUT2D eigenvalue weighted by Crippen LogP contribution is 2.24. The summed E-state index contributed by atoms with van der Waals surface area (Å²) >= 11 is 0. The van der Waals surface area contributed by atoms with Crippen LogP contribution in [0, 0.1) is 5.92 Å². The van der Waals surface area contributed by atoms with Crippen LogP contribution >= 0.6 is 0 Å². The molecule has 0 fully saturated rings. The maximum Gasteiger partial charge on any atom is 0.0415 e. The molecule has 0 unspecified atom stereocenters. The van der Waals surface area contributed by atoms with Crippen molar-refractivity contribution in [2.75, 3.05) is 5.32 Å². The third kappa shape index (κ3) is 1.59. The molecule has 2 atom stereocenters. The molecule has 1 aromatic rings. The van der Waals surface area contributed by atoms with Crippen LogP contribution in [0.4, 0.5) is 5.69 Å². The number of fused-ring (bicyclic) bond motifs is 1. The van der Waals surface area contributed by atoms with E-state index in [0.29, 0.717) is 12.0 Å². The van der Waals surface area contributed by atoms with E-state index in [9.17, 15) is 0 Å². The third-order valence-electron chi connectivity index (χ3n) is 2.71. The molecule has 2 rings (SSSR count). The first-order valence-electron chi connectivity index (χ1n) is 4.81. The molecule has 0 saturated carbocycles. The lowest BCUT2D eigenvalue weighted by molar-refractivity contribution is 0.623. The zero-order valence-corrected chi connectivity index (χ0v) is 8.12. The van der Waals surface area contributed by atoms with Gasteiger partial charge in [0, 0.05) is 11.7 Å². The number of para-hydroxylation sites is 1. The average molecular weight is 173 g/mol. The predicted octanol–water partition coefficient (Wildman–Crippen LogP) is 3.15. The molecule has 0 amide bonds. The molecule has 1 heteroatoms. The van der Waals surface area contributed by atoms with Crippen molar-refractivity contribution < 1.29 is 0 Å². The first kappa shape index (κ1) is 8.36. The Balaban J connectivity index is 2.40. The smallest absolute Gasteiger partial charge is 0.0415 e. The van der Waals surface area contributed by atoms with Crippen LogP contribution in [0.3, 0.4) is 0 Å². The summed E-state index contributed by atoms with van der Waals surface area (Å²) in [5.41, 5.74) is 2.54. The lowest BCUT2D eigenvalue weighted by Crippen LogP contribution is -2.21. The van der Waals surface area contributed by atoms with Gasteiger partial charge in [-0.15, -0.1) is 0 Å². The summed E-state index contributed by atoms with van der Waals surface area (Å²) in [7, 11) is 0. The second-order valence-electron chi connectivity index (χ2n) is 3.74. The summed E-state index contributed by atoms with van der Waals surface area (Å²) in [5.74, 6) is 0.590. The van der Waals surface area contributed by atoms with Gasteiger partial charge in [0.25, 0.3) is 0 Å². The van der Waals surface area contributed by atoms with Gasteiger partial charge < -0.3 is 5.32 Å². The van der Waals surface area contributed by atoms with Crippen molar-refractivity contribution in [1.82, 2.24) is 0 Å². The second-order valence-corrected chi connectivity index (χ2v) is 3.74. The van der Waals surface area contributed by atoms with Crippen LogP contribution in [0.15, 0.2) is 30.3 Å². The first-order valence-corrected chi connectivity index (χ1v) is 4.81. The molecule has 0 spiro atoms. The van der Waals surface area contributed by atoms with Crippen molar-refractivity contribution in [2.24, 2.45) is 5.92 Å². The molecule has 1 nitrogen and oxygen atoms in total. The summed E-state index contributed by atoms with van der Waals surface area (Å²) in [5, 5.41) is 3.51. The van der Waals surface area contributed by atoms with E-state index in [2.05, 4.69) is 55.6 Å². The van der Waals surface area contributed by atoms with E-state index in [0.717, 1.165) is 0 Å². The third-order valence-corrected chi connectivity index (χ3v) is 2.71. The first-order chi connectivity index (χ1) is 6.27. The van der Waals surface area contributed by atoms with Gasteiger partial charge >= 0.3 is 0 Å². The van der Waals surface area contributed by atoms with Gasteiger partial charge in [-0.3, -0.25) is 0 Å². The van der Waals surface area contributed by atoms with Crippen molar-refractivity contribution in [3.63, 3.8) is 0 Å². The Labute approximate surface area is 79.5 Å². The van der Waals surface area contributed by atoms with E-state index < -0.39 is 0 Å². The normalized spacial score (nSPS) is 26.0. The molecule has 0 bridgehead atoms. The van der Waals surface area contributed by atoms with Crippen LogP contribution < -0.4 is 5.32 Å². The Morgan fingerprint density at radius 2 is 1.92 bits per heavy atom. The zero-order valence-electron chi connectivity index (χ0n) is 8.12. The van der Waals surface area contributed by atoms with E-state index in [1.807, 2.05) is 0 Å². The summed E-state index contributed by atoms with van der Waals surface area (Å²) in [4.78, 5) is 0. The van der Waals surface area contributed by atoms with Crippen molar-refractivity contribution in [3.05, 3.63) is 35.9 Å². The minimum atomic E-state index is 0.514. The number of nitrogens with one attached hydrogen (secondary N) is 1. The number of hydrogen-bond donors (Lipinski definition) is 1. The lowest BCUT2D eigenvalue weighted by Gasteiger charge is -2.17. The highest BCUT2D eigenvalue weighted by Gasteiger charge is 2.13. The molecule has 1 aromatic carbocycles. The molecule has 68 valence electrons. The van der Waals surface area contributed by atoms with Gasteiger partial charge in [-0.05, 0) is 24.5 Å². The van der Waals surface area contributed by atoms with Gasteiger partial charge in [-0.1, -0.05) is 37.3 Å². The fourth-order valence-electron chi connectivity index (χ4n) is 1.57. The fraction of sp³-hybridized carbons (Fsp3) is 0.333. The molecule has 0 aliphatic carbocycles. The number of benzene rings is 1. The van der Waals surface area contributed by atoms with Crippen LogP contribution in [0.2, 0.25) is 0 Å². The van der Waals surface area contributed by atoms with Crippen LogP contribution in [0.1, 0.15) is 19.4 Å². The largest absolute Gasteiger partial charge is 0.382 e. The maximum atomic E-state index is 3.51. The molecule has 1 N–H and O–H groups in total. The molecule has 0 radical (unpaired) electrons. The van der Waals surface area contributed by atoms with E-state index in [1.54, 1.807) is 0 Å². The second kappa shape index (κ2) is 3.25. The minimum Gasteiger partial charge on any atom is -0.382 e. The average Bonchev–Trinajstić information content (AvgIpc) is 2.28. The summed E-state index contributed by atoms with van der Waals surface area (Å²) in [6, 6.07) is 8.94. The SMILES string of the molecule is C[C@H]1C=Cc2ccccc2N[C@@H]1C. The maximum absolute atomic E-state index is 3.51. The molecule has 13 heavy (non-hydrogen) atoms. The number of hydrogen-bond acceptors (Lipinski definition) is 1. The van der Waals surface area contributed by atoms with Crippen LogP contribution in [-0.2, 0) is 0 Å². The van der Waals surface area contributed by atoms with Gasteiger partial charge in [0.1, 0.15) is 0 Å². The minimum absolute atomic E-state index is 0.514. The highest BCUT2D eigenvalue weighted by molar-refractivity contribution is 5.68. The fourth-order valence-corrected chi connectivity index (χ4v) is 1.57. The zero-order chi connectivity index (χ0) is 9.26. The Bertz CT molecular complexity index is 328. The van der Waals surface area contributed by atoms with Crippen LogP contribution in [-0.4, -0.2) is 6.04 Å². The van der Waals surface area contributed by atoms with E-state index in [-0.39, 0.29) is 0 Å². The summed E-state index contributed by atoms with van der Waals surface area (Å²) in [6.07, 6.45) is 4.47. The van der Waals surface area contributed by atoms with Crippen LogP contribution in [0.5, 0.6) is 0 Å². The standard InChI is InChI=1S/C12H15N/c1-9-7-8-11-5-3-4-6-12(11)13-10(9)2/h3-10,13H,1-2H3/t9-,10+/m0/s1. The number of rotatable bonds is 0. The molecule has 1 heterocycles. The monoisotopic (exact) mass is 173 g/mol. The quantitative estimate of drug-likeness (QED) is 0.635. The lowest BCUT2D eigenvalue weighted by atomic mass is 10.0. The molecule has 1 aliphatic heterocycles. The van der Waals surface area contributed by atoms with Gasteiger partial charge in [0.15, 0.2) is 0 Å². The van der Waals surface area contributed by atoms with Gasteiger partial charge in [-0.2, -0.15) is 0 Å². The van der Waals surface area contributed by atoms with Crippen molar-refractivity contribution in [2.45, 2.75) is 19.9 Å². The van der Waals surface area contributed by atoms with E-state index in [1.165, 1.54) is 11.3 Å². The highest BCUT2D eigenvalue weighted by atomic mass is 14.9. The molecule has 0 saturated heterocycles. The van der Waals surface area contributed by atoms with Crippen LogP contribution in [0.25, 0.3) is 6.08 Å². The van der Waals surface area contributed by atoms with E-state index >= 15 is 0 Å². The molecular weight excluding hydrogens is 158 g/mol. The summed E-state index contributed by atoms with van der Waals surface area (Å²) < 4.78 is 0.